The molecule has 0 bridgehead atoms. The van der Waals surface area contributed by atoms with Crippen molar-refractivity contribution in [1.82, 2.24) is 9.80 Å². The zero-order valence-electron chi connectivity index (χ0n) is 17.3. The van der Waals surface area contributed by atoms with Crippen molar-refractivity contribution in [3.05, 3.63) is 75.8 Å². The van der Waals surface area contributed by atoms with Gasteiger partial charge in [0.2, 0.25) is 0 Å². The van der Waals surface area contributed by atoms with E-state index in [0.717, 1.165) is 54.9 Å². The van der Waals surface area contributed by atoms with Crippen LogP contribution < -0.4 is 9.80 Å². The van der Waals surface area contributed by atoms with Crippen molar-refractivity contribution in [1.29, 1.82) is 0 Å². The number of nitrogens with zero attached hydrogens (tertiary/aromatic N) is 1. The second kappa shape index (κ2) is 7.88. The van der Waals surface area contributed by atoms with Gasteiger partial charge in [-0.15, -0.1) is 0 Å². The number of carbonyl (C=O) groups excluding carboxylic acids is 1. The minimum absolute atomic E-state index is 0.129. The van der Waals surface area contributed by atoms with E-state index in [9.17, 15) is 13.6 Å². The lowest BCUT2D eigenvalue weighted by molar-refractivity contribution is 0.0749. The van der Waals surface area contributed by atoms with E-state index in [1.807, 2.05) is 32.1 Å². The van der Waals surface area contributed by atoms with Crippen molar-refractivity contribution in [3.8, 4) is 0 Å². The first-order chi connectivity index (χ1) is 14.3. The minimum Gasteiger partial charge on any atom is -0.317 e. The third-order valence-electron chi connectivity index (χ3n) is 6.50. The minimum atomic E-state index is -0.823. The Morgan fingerprint density at radius 1 is 1.17 bits per heavy atom. The summed E-state index contributed by atoms with van der Waals surface area (Å²) in [5.41, 5.74) is 2.16. The number of rotatable bonds is 3. The summed E-state index contributed by atoms with van der Waals surface area (Å²) in [4.78, 5) is 13.9. The van der Waals surface area contributed by atoms with Crippen molar-refractivity contribution in [2.24, 2.45) is 0 Å². The topological polar surface area (TPSA) is 29.1 Å². The highest BCUT2D eigenvalue weighted by Crippen LogP contribution is 2.51. The van der Waals surface area contributed by atoms with Crippen LogP contribution in [0.3, 0.4) is 0 Å². The third-order valence-corrected chi connectivity index (χ3v) is 6.74. The van der Waals surface area contributed by atoms with Crippen LogP contribution >= 0.6 is 11.6 Å². The highest BCUT2D eigenvalue weighted by atomic mass is 35.5. The largest absolute Gasteiger partial charge is 0.357 e. The molecular weight excluding hydrogens is 406 g/mol. The van der Waals surface area contributed by atoms with Crippen LogP contribution in [0.25, 0.3) is 0 Å². The number of benzene rings is 2. The normalized spacial score (nSPS) is 22.0. The van der Waals surface area contributed by atoms with Gasteiger partial charge in [0.25, 0.3) is 0 Å². The molecule has 1 unspecified atom stereocenters. The maximum Gasteiger partial charge on any atom is 0.357 e. The van der Waals surface area contributed by atoms with Gasteiger partial charge in [-0.3, -0.25) is 0 Å². The summed E-state index contributed by atoms with van der Waals surface area (Å²) in [6.07, 6.45) is 3.68. The molecule has 2 heterocycles. The van der Waals surface area contributed by atoms with E-state index in [2.05, 4.69) is 5.32 Å². The van der Waals surface area contributed by atoms with E-state index < -0.39 is 23.1 Å². The summed E-state index contributed by atoms with van der Waals surface area (Å²) in [7, 11) is 0. The smallest absolute Gasteiger partial charge is 0.317 e. The number of hydrogen-bond donors (Lipinski definition) is 1. The molecule has 0 aromatic heterocycles. The fraction of sp³-hybridized carbons (Fsp3) is 0.375. The standard InChI is InChI=1S/C24H26ClF2N2O/c1-16(2)8-13-29(23(30)22-19(26)4-3-5-20(22)27)15-24(9-11-28-12-10-24)18-14-17(25)6-7-21(18)29/h3-8,14,28H,9-13,15H2,1-2H3/q+1. The van der Waals surface area contributed by atoms with Crippen molar-refractivity contribution < 1.29 is 13.6 Å². The van der Waals surface area contributed by atoms with Gasteiger partial charge >= 0.3 is 5.91 Å². The summed E-state index contributed by atoms with van der Waals surface area (Å²) in [5, 5.41) is 3.99. The Kier molecular flexibility index (Phi) is 5.56. The molecule has 2 aromatic carbocycles. The van der Waals surface area contributed by atoms with Crippen molar-refractivity contribution in [2.75, 3.05) is 26.2 Å². The predicted octanol–water partition coefficient (Wildman–Crippen LogP) is 5.37. The molecular formula is C24H26ClF2N2O+. The Hall–Kier alpha value is -2.08. The van der Waals surface area contributed by atoms with E-state index in [1.54, 1.807) is 6.07 Å². The summed E-state index contributed by atoms with van der Waals surface area (Å²) < 4.78 is 29.2. The van der Waals surface area contributed by atoms with Crippen LogP contribution in [-0.4, -0.2) is 32.1 Å². The van der Waals surface area contributed by atoms with Crippen LogP contribution in [-0.2, 0) is 5.41 Å². The second-order valence-corrected chi connectivity index (χ2v) is 9.12. The first-order valence-electron chi connectivity index (χ1n) is 10.3. The lowest BCUT2D eigenvalue weighted by Gasteiger charge is -2.36. The second-order valence-electron chi connectivity index (χ2n) is 8.68. The molecule has 1 saturated heterocycles. The maximum atomic E-state index is 14.7. The number of nitrogens with one attached hydrogen (secondary N) is 1. The van der Waals surface area contributed by atoms with Crippen LogP contribution in [0.1, 0.15) is 42.6 Å². The van der Waals surface area contributed by atoms with E-state index in [-0.39, 0.29) is 9.90 Å². The summed E-state index contributed by atoms with van der Waals surface area (Å²) in [5.74, 6) is -2.19. The van der Waals surface area contributed by atoms with Crippen molar-refractivity contribution >= 4 is 23.2 Å². The van der Waals surface area contributed by atoms with Gasteiger partial charge in [-0.1, -0.05) is 23.2 Å². The molecule has 1 N–H and O–H groups in total. The zero-order chi connectivity index (χ0) is 21.5. The van der Waals surface area contributed by atoms with E-state index in [4.69, 9.17) is 11.6 Å². The molecule has 1 amide bonds. The molecule has 1 spiro atoms. The number of carbonyl (C=O) groups is 1. The van der Waals surface area contributed by atoms with Crippen LogP contribution in [0.2, 0.25) is 5.02 Å². The SMILES string of the molecule is CC(C)=CC[N+]1(C(=O)c2c(F)cccc2F)CC2(CCNCC2)c2cc(Cl)ccc21. The van der Waals surface area contributed by atoms with Gasteiger partial charge in [-0.05, 0) is 70.1 Å². The Morgan fingerprint density at radius 3 is 2.47 bits per heavy atom. The van der Waals surface area contributed by atoms with Gasteiger partial charge in [0, 0.05) is 16.7 Å². The first kappa shape index (κ1) is 21.2. The third kappa shape index (κ3) is 3.39. The summed E-state index contributed by atoms with van der Waals surface area (Å²) in [6, 6.07) is 9.15. The van der Waals surface area contributed by atoms with Gasteiger partial charge in [-0.25, -0.2) is 18.1 Å². The number of amides is 1. The predicted molar refractivity (Wildman–Crippen MR) is 117 cm³/mol. The number of fused-ring (bicyclic) bond motifs is 2. The summed E-state index contributed by atoms with van der Waals surface area (Å²) >= 11 is 6.35. The Balaban J connectivity index is 1.96. The van der Waals surface area contributed by atoms with E-state index >= 15 is 0 Å². The average Bonchev–Trinajstić information content (AvgIpc) is 2.96. The molecule has 0 aliphatic carbocycles. The zero-order valence-corrected chi connectivity index (χ0v) is 18.0. The van der Waals surface area contributed by atoms with Crippen molar-refractivity contribution in [3.63, 3.8) is 0 Å². The monoisotopic (exact) mass is 431 g/mol. The Bertz CT molecular complexity index is 1010. The van der Waals surface area contributed by atoms with Gasteiger partial charge in [0.15, 0.2) is 5.56 Å². The van der Waals surface area contributed by atoms with Gasteiger partial charge in [-0.2, -0.15) is 0 Å². The lowest BCUT2D eigenvalue weighted by Crippen LogP contribution is -2.57. The van der Waals surface area contributed by atoms with Crippen LogP contribution in [0.4, 0.5) is 14.5 Å². The molecule has 1 atom stereocenters. The van der Waals surface area contributed by atoms with Gasteiger partial charge < -0.3 is 5.32 Å². The molecule has 1 fully saturated rings. The van der Waals surface area contributed by atoms with Gasteiger partial charge in [0.05, 0.1) is 5.41 Å². The molecule has 3 nitrogen and oxygen atoms in total. The molecule has 2 aliphatic rings. The average molecular weight is 432 g/mol. The molecule has 30 heavy (non-hydrogen) atoms. The molecule has 6 heteroatoms. The number of quaternary nitrogens is 1. The van der Waals surface area contributed by atoms with Crippen LogP contribution in [0, 0.1) is 11.6 Å². The maximum absolute atomic E-state index is 14.7. The lowest BCUT2D eigenvalue weighted by atomic mass is 9.75. The number of piperidine rings is 1. The molecule has 2 aliphatic heterocycles. The number of allylic oxidation sites excluding steroid dienone is 1. The highest BCUT2D eigenvalue weighted by Gasteiger charge is 2.57. The Morgan fingerprint density at radius 2 is 1.83 bits per heavy atom. The fourth-order valence-corrected chi connectivity index (χ4v) is 5.18. The highest BCUT2D eigenvalue weighted by molar-refractivity contribution is 6.30. The van der Waals surface area contributed by atoms with E-state index in [0.29, 0.717) is 18.1 Å². The molecule has 0 saturated carbocycles. The van der Waals surface area contributed by atoms with Gasteiger partial charge in [0.1, 0.15) is 30.4 Å². The van der Waals surface area contributed by atoms with Crippen LogP contribution in [0.5, 0.6) is 0 Å². The molecule has 0 radical (unpaired) electrons. The fourth-order valence-electron chi connectivity index (χ4n) is 5.01. The number of halogens is 3. The van der Waals surface area contributed by atoms with Crippen molar-refractivity contribution in [2.45, 2.75) is 32.1 Å². The Labute approximate surface area is 180 Å². The summed E-state index contributed by atoms with van der Waals surface area (Å²) in [6.45, 7) is 6.40. The van der Waals surface area contributed by atoms with Crippen LogP contribution in [0.15, 0.2) is 48.0 Å². The molecule has 2 aromatic rings. The number of hydrogen-bond acceptors (Lipinski definition) is 2. The molecule has 158 valence electrons. The quantitative estimate of drug-likeness (QED) is 0.523. The van der Waals surface area contributed by atoms with E-state index in [1.165, 1.54) is 6.07 Å². The molecule has 4 rings (SSSR count). The first-order valence-corrected chi connectivity index (χ1v) is 10.7.